The van der Waals surface area contributed by atoms with Crippen LogP contribution in [-0.4, -0.2) is 6.21 Å². The number of nitrogens with zero attached hydrogens (tertiary/aromatic N) is 1. The zero-order valence-electron chi connectivity index (χ0n) is 6.04. The van der Waals surface area contributed by atoms with Gasteiger partial charge in [0.1, 0.15) is 0 Å². The van der Waals surface area contributed by atoms with Gasteiger partial charge in [0.2, 0.25) is 0 Å². The summed E-state index contributed by atoms with van der Waals surface area (Å²) in [5.74, 6) is 0. The SMILES string of the molecule is N#Cc1ccccc1CC=N. The predicted octanol–water partition coefficient (Wildman–Crippen LogP) is 1.75. The Morgan fingerprint density at radius 2 is 2.18 bits per heavy atom. The maximum Gasteiger partial charge on any atom is 0.0994 e. The highest BCUT2D eigenvalue weighted by atomic mass is 14.3. The molecule has 0 heterocycles. The highest BCUT2D eigenvalue weighted by molar-refractivity contribution is 5.60. The Balaban J connectivity index is 3.04. The minimum absolute atomic E-state index is 0.545. The molecule has 1 N–H and O–H groups in total. The molecule has 11 heavy (non-hydrogen) atoms. The molecule has 0 fully saturated rings. The van der Waals surface area contributed by atoms with Crippen molar-refractivity contribution in [3.05, 3.63) is 35.4 Å². The van der Waals surface area contributed by atoms with Crippen molar-refractivity contribution in [2.75, 3.05) is 0 Å². The third-order valence-corrected chi connectivity index (χ3v) is 1.46. The molecule has 0 unspecified atom stereocenters. The van der Waals surface area contributed by atoms with Crippen LogP contribution in [0.15, 0.2) is 24.3 Å². The van der Waals surface area contributed by atoms with Crippen molar-refractivity contribution in [1.82, 2.24) is 0 Å². The summed E-state index contributed by atoms with van der Waals surface area (Å²) in [6, 6.07) is 9.40. The van der Waals surface area contributed by atoms with E-state index in [4.69, 9.17) is 10.7 Å². The second-order valence-electron chi connectivity index (χ2n) is 2.18. The number of benzene rings is 1. The molecule has 1 aromatic carbocycles. The molecular weight excluding hydrogens is 136 g/mol. The molecule has 0 aliphatic rings. The minimum Gasteiger partial charge on any atom is -0.313 e. The van der Waals surface area contributed by atoms with Gasteiger partial charge in [-0.25, -0.2) is 0 Å². The van der Waals surface area contributed by atoms with Crippen LogP contribution in [0.25, 0.3) is 0 Å². The molecule has 0 aliphatic heterocycles. The van der Waals surface area contributed by atoms with Gasteiger partial charge in [0.25, 0.3) is 0 Å². The fourth-order valence-electron chi connectivity index (χ4n) is 0.917. The lowest BCUT2D eigenvalue weighted by molar-refractivity contribution is 1.30. The van der Waals surface area contributed by atoms with Crippen LogP contribution in [0.5, 0.6) is 0 Å². The van der Waals surface area contributed by atoms with E-state index in [1.807, 2.05) is 18.2 Å². The summed E-state index contributed by atoms with van der Waals surface area (Å²) in [5.41, 5.74) is 1.58. The average molecular weight is 144 g/mol. The van der Waals surface area contributed by atoms with Crippen LogP contribution in [0.1, 0.15) is 11.1 Å². The number of rotatable bonds is 2. The van der Waals surface area contributed by atoms with Crippen LogP contribution in [0, 0.1) is 16.7 Å². The van der Waals surface area contributed by atoms with Gasteiger partial charge in [0.15, 0.2) is 0 Å². The second kappa shape index (κ2) is 3.52. The maximum absolute atomic E-state index is 8.62. The largest absolute Gasteiger partial charge is 0.313 e. The maximum atomic E-state index is 8.62. The molecule has 0 atom stereocenters. The van der Waals surface area contributed by atoms with Gasteiger partial charge in [0, 0.05) is 6.42 Å². The van der Waals surface area contributed by atoms with Crippen molar-refractivity contribution in [2.24, 2.45) is 0 Å². The molecule has 54 valence electrons. The zero-order chi connectivity index (χ0) is 8.10. The van der Waals surface area contributed by atoms with Gasteiger partial charge >= 0.3 is 0 Å². The number of nitrogens with one attached hydrogen (secondary N) is 1. The molecular formula is C9H8N2. The van der Waals surface area contributed by atoms with Crippen molar-refractivity contribution in [1.29, 1.82) is 10.7 Å². The number of hydrogen-bond acceptors (Lipinski definition) is 2. The highest BCUT2D eigenvalue weighted by Gasteiger charge is 1.96. The lowest BCUT2D eigenvalue weighted by Gasteiger charge is -1.96. The lowest BCUT2D eigenvalue weighted by Crippen LogP contribution is -1.89. The first kappa shape index (κ1) is 7.49. The summed E-state index contributed by atoms with van der Waals surface area (Å²) in [7, 11) is 0. The van der Waals surface area contributed by atoms with E-state index in [9.17, 15) is 0 Å². The topological polar surface area (TPSA) is 47.6 Å². The smallest absolute Gasteiger partial charge is 0.0994 e. The van der Waals surface area contributed by atoms with E-state index in [0.717, 1.165) is 5.56 Å². The van der Waals surface area contributed by atoms with Crippen molar-refractivity contribution in [3.63, 3.8) is 0 Å². The number of nitriles is 1. The van der Waals surface area contributed by atoms with E-state index < -0.39 is 0 Å². The Kier molecular flexibility index (Phi) is 2.40. The fraction of sp³-hybridized carbons (Fsp3) is 0.111. The molecule has 0 saturated carbocycles. The van der Waals surface area contributed by atoms with E-state index in [1.165, 1.54) is 6.21 Å². The standard InChI is InChI=1S/C9H8N2/c10-6-5-8-3-1-2-4-9(8)7-11/h1-4,6,10H,5H2. The molecule has 0 radical (unpaired) electrons. The van der Waals surface area contributed by atoms with E-state index >= 15 is 0 Å². The molecule has 0 spiro atoms. The van der Waals surface area contributed by atoms with E-state index in [1.54, 1.807) is 6.07 Å². The Morgan fingerprint density at radius 1 is 1.45 bits per heavy atom. The summed E-state index contributed by atoms with van der Waals surface area (Å²) in [5, 5.41) is 15.5. The van der Waals surface area contributed by atoms with Gasteiger partial charge in [-0.05, 0) is 17.8 Å². The third-order valence-electron chi connectivity index (χ3n) is 1.46. The summed E-state index contributed by atoms with van der Waals surface area (Å²) in [4.78, 5) is 0. The van der Waals surface area contributed by atoms with Gasteiger partial charge in [-0.15, -0.1) is 0 Å². The first-order valence-electron chi connectivity index (χ1n) is 3.35. The molecule has 1 rings (SSSR count). The predicted molar refractivity (Wildman–Crippen MR) is 43.6 cm³/mol. The Hall–Kier alpha value is -1.62. The van der Waals surface area contributed by atoms with Crippen LogP contribution in [0.2, 0.25) is 0 Å². The second-order valence-corrected chi connectivity index (χ2v) is 2.18. The van der Waals surface area contributed by atoms with Crippen LogP contribution in [0.3, 0.4) is 0 Å². The van der Waals surface area contributed by atoms with Crippen molar-refractivity contribution < 1.29 is 0 Å². The lowest BCUT2D eigenvalue weighted by atomic mass is 10.1. The zero-order valence-corrected chi connectivity index (χ0v) is 6.04. The number of hydrogen-bond donors (Lipinski definition) is 1. The summed E-state index contributed by atoms with van der Waals surface area (Å²) >= 11 is 0. The average Bonchev–Trinajstić information content (AvgIpc) is 2.06. The summed E-state index contributed by atoms with van der Waals surface area (Å²) < 4.78 is 0. The van der Waals surface area contributed by atoms with Crippen molar-refractivity contribution in [3.8, 4) is 6.07 Å². The first-order chi connectivity index (χ1) is 5.38. The normalized spacial score (nSPS) is 8.64. The van der Waals surface area contributed by atoms with Crippen molar-refractivity contribution >= 4 is 6.21 Å². The van der Waals surface area contributed by atoms with Crippen molar-refractivity contribution in [2.45, 2.75) is 6.42 Å². The molecule has 0 saturated heterocycles. The van der Waals surface area contributed by atoms with E-state index in [-0.39, 0.29) is 0 Å². The fourth-order valence-corrected chi connectivity index (χ4v) is 0.917. The van der Waals surface area contributed by atoms with Crippen LogP contribution in [0.4, 0.5) is 0 Å². The molecule has 0 aliphatic carbocycles. The molecule has 0 amide bonds. The summed E-state index contributed by atoms with van der Waals surface area (Å²) in [6.45, 7) is 0. The van der Waals surface area contributed by atoms with Gasteiger partial charge in [0.05, 0.1) is 11.6 Å². The van der Waals surface area contributed by atoms with Crippen LogP contribution >= 0.6 is 0 Å². The Labute approximate surface area is 65.6 Å². The molecule has 0 bridgehead atoms. The molecule has 2 heteroatoms. The Morgan fingerprint density at radius 3 is 2.82 bits per heavy atom. The van der Waals surface area contributed by atoms with E-state index in [0.29, 0.717) is 12.0 Å². The highest BCUT2D eigenvalue weighted by Crippen LogP contribution is 2.06. The summed E-state index contributed by atoms with van der Waals surface area (Å²) in [6.07, 6.45) is 1.85. The van der Waals surface area contributed by atoms with Crippen LogP contribution < -0.4 is 0 Å². The molecule has 2 nitrogen and oxygen atoms in total. The quantitative estimate of drug-likeness (QED) is 0.631. The molecule has 1 aromatic rings. The van der Waals surface area contributed by atoms with Gasteiger partial charge < -0.3 is 5.41 Å². The van der Waals surface area contributed by atoms with Gasteiger partial charge in [-0.2, -0.15) is 5.26 Å². The molecule has 0 aromatic heterocycles. The van der Waals surface area contributed by atoms with Gasteiger partial charge in [-0.1, -0.05) is 18.2 Å². The Bertz CT molecular complexity index is 297. The third kappa shape index (κ3) is 1.65. The van der Waals surface area contributed by atoms with Gasteiger partial charge in [-0.3, -0.25) is 0 Å². The van der Waals surface area contributed by atoms with E-state index in [2.05, 4.69) is 6.07 Å². The van der Waals surface area contributed by atoms with Crippen LogP contribution in [-0.2, 0) is 6.42 Å². The minimum atomic E-state index is 0.545. The first-order valence-corrected chi connectivity index (χ1v) is 3.35. The monoisotopic (exact) mass is 144 g/mol.